The average Bonchev–Trinajstić information content (AvgIpc) is 3.08. The summed E-state index contributed by atoms with van der Waals surface area (Å²) in [6, 6.07) is 10.4. The molecule has 2 aromatic rings. The summed E-state index contributed by atoms with van der Waals surface area (Å²) < 4.78 is 22.2. The highest BCUT2D eigenvalue weighted by atomic mass is 16.7. The summed E-state index contributed by atoms with van der Waals surface area (Å²) in [5, 5.41) is 3.59. The Labute approximate surface area is 141 Å². The first-order chi connectivity index (χ1) is 11.8. The van der Waals surface area contributed by atoms with Crippen LogP contribution >= 0.6 is 0 Å². The highest BCUT2D eigenvalue weighted by molar-refractivity contribution is 5.53. The Morgan fingerprint density at radius 3 is 2.83 bits per heavy atom. The molecule has 0 saturated heterocycles. The van der Waals surface area contributed by atoms with Crippen molar-refractivity contribution in [2.24, 2.45) is 0 Å². The molecule has 24 heavy (non-hydrogen) atoms. The largest absolute Gasteiger partial charge is 0.493 e. The minimum atomic E-state index is 0.104. The fourth-order valence-corrected chi connectivity index (χ4v) is 3.38. The van der Waals surface area contributed by atoms with Gasteiger partial charge in [0.1, 0.15) is 0 Å². The van der Waals surface area contributed by atoms with Crippen LogP contribution in [0.25, 0.3) is 0 Å². The number of hydrogen-bond acceptors (Lipinski definition) is 5. The van der Waals surface area contributed by atoms with Crippen molar-refractivity contribution in [3.05, 3.63) is 47.0 Å². The molecule has 5 heteroatoms. The van der Waals surface area contributed by atoms with E-state index in [-0.39, 0.29) is 6.04 Å². The van der Waals surface area contributed by atoms with E-state index in [1.807, 2.05) is 13.0 Å². The van der Waals surface area contributed by atoms with Gasteiger partial charge in [-0.25, -0.2) is 0 Å². The van der Waals surface area contributed by atoms with Crippen LogP contribution in [0.4, 0.5) is 0 Å². The molecule has 0 aromatic heterocycles. The third-order valence-electron chi connectivity index (χ3n) is 4.51. The molecule has 2 heterocycles. The van der Waals surface area contributed by atoms with Crippen LogP contribution in [0.1, 0.15) is 29.7 Å². The van der Waals surface area contributed by atoms with Gasteiger partial charge in [-0.05, 0) is 54.3 Å². The lowest BCUT2D eigenvalue weighted by molar-refractivity contribution is 0.174. The van der Waals surface area contributed by atoms with Crippen LogP contribution < -0.4 is 24.3 Å². The van der Waals surface area contributed by atoms with Gasteiger partial charge in [-0.2, -0.15) is 0 Å². The molecular formula is C19H21NO4. The van der Waals surface area contributed by atoms with E-state index in [2.05, 4.69) is 29.6 Å². The molecule has 5 nitrogen and oxygen atoms in total. The molecule has 0 spiro atoms. The lowest BCUT2D eigenvalue weighted by atomic mass is 9.89. The predicted octanol–water partition coefficient (Wildman–Crippen LogP) is 3.06. The summed E-state index contributed by atoms with van der Waals surface area (Å²) in [6.45, 7) is 3.82. The third-order valence-corrected chi connectivity index (χ3v) is 4.51. The van der Waals surface area contributed by atoms with E-state index >= 15 is 0 Å². The predicted molar refractivity (Wildman–Crippen MR) is 90.3 cm³/mol. The van der Waals surface area contributed by atoms with Gasteiger partial charge in [0.05, 0.1) is 19.8 Å². The second-order valence-corrected chi connectivity index (χ2v) is 5.88. The quantitative estimate of drug-likeness (QED) is 0.935. The molecule has 4 rings (SSSR count). The second-order valence-electron chi connectivity index (χ2n) is 5.88. The van der Waals surface area contributed by atoms with Gasteiger partial charge in [0.15, 0.2) is 23.0 Å². The first kappa shape index (κ1) is 15.1. The van der Waals surface area contributed by atoms with Crippen molar-refractivity contribution in [3.8, 4) is 23.0 Å². The van der Waals surface area contributed by atoms with Gasteiger partial charge >= 0.3 is 0 Å². The van der Waals surface area contributed by atoms with Crippen molar-refractivity contribution >= 4 is 0 Å². The molecule has 0 bridgehead atoms. The maximum absolute atomic E-state index is 5.71. The van der Waals surface area contributed by atoms with Gasteiger partial charge in [-0.3, -0.25) is 0 Å². The van der Waals surface area contributed by atoms with Crippen LogP contribution in [0.5, 0.6) is 23.0 Å². The van der Waals surface area contributed by atoms with Crippen molar-refractivity contribution in [1.29, 1.82) is 0 Å². The zero-order valence-electron chi connectivity index (χ0n) is 13.9. The highest BCUT2D eigenvalue weighted by Crippen LogP contribution is 2.40. The van der Waals surface area contributed by atoms with E-state index < -0.39 is 0 Å². The van der Waals surface area contributed by atoms with Gasteiger partial charge in [-0.15, -0.1) is 0 Å². The molecule has 1 N–H and O–H groups in total. The lowest BCUT2D eigenvalue weighted by Crippen LogP contribution is -2.30. The number of nitrogens with one attached hydrogen (secondary N) is 1. The Morgan fingerprint density at radius 1 is 1.12 bits per heavy atom. The Kier molecular flexibility index (Phi) is 3.94. The summed E-state index contributed by atoms with van der Waals surface area (Å²) in [5.74, 6) is 3.19. The van der Waals surface area contributed by atoms with Crippen LogP contribution in [0.2, 0.25) is 0 Å². The Bertz CT molecular complexity index is 759. The fourth-order valence-electron chi connectivity index (χ4n) is 3.38. The van der Waals surface area contributed by atoms with Crippen molar-refractivity contribution < 1.29 is 18.9 Å². The summed E-state index contributed by atoms with van der Waals surface area (Å²) >= 11 is 0. The van der Waals surface area contributed by atoms with E-state index in [0.717, 1.165) is 41.5 Å². The summed E-state index contributed by atoms with van der Waals surface area (Å²) in [5.41, 5.74) is 3.67. The topological polar surface area (TPSA) is 49.0 Å². The maximum atomic E-state index is 5.71. The van der Waals surface area contributed by atoms with E-state index in [1.54, 1.807) is 7.11 Å². The molecule has 1 atom stereocenters. The van der Waals surface area contributed by atoms with Gasteiger partial charge in [0.25, 0.3) is 0 Å². The average molecular weight is 327 g/mol. The highest BCUT2D eigenvalue weighted by Gasteiger charge is 2.25. The van der Waals surface area contributed by atoms with Crippen LogP contribution in [-0.2, 0) is 6.42 Å². The van der Waals surface area contributed by atoms with Crippen LogP contribution in [-0.4, -0.2) is 27.1 Å². The second kappa shape index (κ2) is 6.24. The third kappa shape index (κ3) is 2.55. The van der Waals surface area contributed by atoms with E-state index in [1.165, 1.54) is 11.1 Å². The number of fused-ring (bicyclic) bond motifs is 2. The number of benzene rings is 2. The van der Waals surface area contributed by atoms with Crippen molar-refractivity contribution in [2.75, 3.05) is 27.1 Å². The molecular weight excluding hydrogens is 306 g/mol. The minimum absolute atomic E-state index is 0.104. The molecule has 2 aliphatic heterocycles. The molecule has 2 aliphatic rings. The van der Waals surface area contributed by atoms with E-state index in [9.17, 15) is 0 Å². The van der Waals surface area contributed by atoms with Crippen LogP contribution in [0.3, 0.4) is 0 Å². The van der Waals surface area contributed by atoms with Gasteiger partial charge in [0, 0.05) is 6.54 Å². The number of hydrogen-bond donors (Lipinski definition) is 1. The zero-order chi connectivity index (χ0) is 16.5. The minimum Gasteiger partial charge on any atom is -0.493 e. The van der Waals surface area contributed by atoms with Gasteiger partial charge < -0.3 is 24.3 Å². The Balaban J connectivity index is 1.75. The standard InChI is InChI=1S/C19H21NO4/c1-3-22-18-8-12-6-7-20-19(14(12)10-16(18)21-2)13-4-5-15-17(9-13)24-11-23-15/h4-5,8-10,19-20H,3,6-7,11H2,1-2H3/t19-/m0/s1. The van der Waals surface area contributed by atoms with Crippen LogP contribution in [0, 0.1) is 0 Å². The maximum Gasteiger partial charge on any atom is 0.231 e. The smallest absolute Gasteiger partial charge is 0.231 e. The molecule has 2 aromatic carbocycles. The molecule has 0 unspecified atom stereocenters. The van der Waals surface area contributed by atoms with E-state index in [0.29, 0.717) is 13.4 Å². The summed E-state index contributed by atoms with van der Waals surface area (Å²) in [6.07, 6.45) is 0.973. The van der Waals surface area contributed by atoms with Crippen molar-refractivity contribution in [1.82, 2.24) is 5.32 Å². The Hall–Kier alpha value is -2.40. The molecule has 0 saturated carbocycles. The van der Waals surface area contributed by atoms with Crippen molar-refractivity contribution in [3.63, 3.8) is 0 Å². The van der Waals surface area contributed by atoms with Gasteiger partial charge in [0.2, 0.25) is 6.79 Å². The van der Waals surface area contributed by atoms with E-state index in [4.69, 9.17) is 18.9 Å². The molecule has 126 valence electrons. The Morgan fingerprint density at radius 2 is 2.00 bits per heavy atom. The van der Waals surface area contributed by atoms with Crippen LogP contribution in [0.15, 0.2) is 30.3 Å². The number of methoxy groups -OCH3 is 1. The monoisotopic (exact) mass is 327 g/mol. The summed E-state index contributed by atoms with van der Waals surface area (Å²) in [4.78, 5) is 0. The molecule has 0 aliphatic carbocycles. The fraction of sp³-hybridized carbons (Fsp3) is 0.368. The summed E-state index contributed by atoms with van der Waals surface area (Å²) in [7, 11) is 1.68. The zero-order valence-corrected chi connectivity index (χ0v) is 13.9. The number of rotatable bonds is 4. The van der Waals surface area contributed by atoms with Gasteiger partial charge in [-0.1, -0.05) is 6.07 Å². The first-order valence-corrected chi connectivity index (χ1v) is 8.26. The number of ether oxygens (including phenoxy) is 4. The molecule has 0 amide bonds. The molecule has 0 fully saturated rings. The SMILES string of the molecule is CCOc1cc2c(cc1OC)[C@H](c1ccc3c(c1)OCO3)NCC2. The molecule has 0 radical (unpaired) electrons. The lowest BCUT2D eigenvalue weighted by Gasteiger charge is -2.28. The first-order valence-electron chi connectivity index (χ1n) is 8.26. The van der Waals surface area contributed by atoms with Crippen molar-refractivity contribution in [2.45, 2.75) is 19.4 Å². The normalized spacial score (nSPS) is 18.2.